The number of likely N-dealkylation sites (N-methyl/N-ethyl adjacent to an activating group) is 1. The van der Waals surface area contributed by atoms with Crippen molar-refractivity contribution in [2.24, 2.45) is 0 Å². The second kappa shape index (κ2) is 7.04. The van der Waals surface area contributed by atoms with Gasteiger partial charge in [-0.15, -0.1) is 0 Å². The summed E-state index contributed by atoms with van der Waals surface area (Å²) < 4.78 is 13.7. The van der Waals surface area contributed by atoms with Gasteiger partial charge in [-0.1, -0.05) is 24.6 Å². The predicted molar refractivity (Wildman–Crippen MR) is 80.3 cm³/mol. The Hall–Kier alpha value is -1.13. The monoisotopic (exact) mass is 300 g/mol. The zero-order chi connectivity index (χ0) is 15.3. The Labute approximate surface area is 125 Å². The fourth-order valence-corrected chi connectivity index (χ4v) is 1.98. The van der Waals surface area contributed by atoms with Gasteiger partial charge < -0.3 is 5.32 Å². The molecule has 0 heterocycles. The molecule has 0 bridgehead atoms. The molecule has 5 heteroatoms. The second-order valence-corrected chi connectivity index (χ2v) is 6.07. The largest absolute Gasteiger partial charge is 0.350 e. The summed E-state index contributed by atoms with van der Waals surface area (Å²) in [4.78, 5) is 13.6. The van der Waals surface area contributed by atoms with E-state index in [1.807, 2.05) is 20.8 Å². The lowest BCUT2D eigenvalue weighted by Gasteiger charge is -2.26. The van der Waals surface area contributed by atoms with Crippen LogP contribution in [0.3, 0.4) is 0 Å². The summed E-state index contributed by atoms with van der Waals surface area (Å²) in [6.45, 7) is 6.46. The summed E-state index contributed by atoms with van der Waals surface area (Å²) in [5.74, 6) is -0.426. The fourth-order valence-electron chi connectivity index (χ4n) is 1.76. The maximum Gasteiger partial charge on any atom is 0.234 e. The van der Waals surface area contributed by atoms with E-state index in [0.29, 0.717) is 17.1 Å². The van der Waals surface area contributed by atoms with E-state index in [0.717, 1.165) is 6.42 Å². The standard InChI is InChI=1S/C15H22ClFN2O/c1-5-15(2,3)18-14(20)10-19(4)9-11-12(16)7-6-8-13(11)17/h6-8H,5,9-10H2,1-4H3,(H,18,20). The molecule has 3 nitrogen and oxygen atoms in total. The van der Waals surface area contributed by atoms with Crippen LogP contribution in [-0.4, -0.2) is 29.9 Å². The molecular formula is C15H22ClFN2O. The van der Waals surface area contributed by atoms with Crippen molar-refractivity contribution in [1.29, 1.82) is 0 Å². The van der Waals surface area contributed by atoms with Gasteiger partial charge in [0.1, 0.15) is 5.82 Å². The van der Waals surface area contributed by atoms with Crippen molar-refractivity contribution in [3.63, 3.8) is 0 Å². The minimum atomic E-state index is -0.348. The maximum absolute atomic E-state index is 13.7. The van der Waals surface area contributed by atoms with Crippen molar-refractivity contribution < 1.29 is 9.18 Å². The molecule has 1 aromatic carbocycles. The molecule has 112 valence electrons. The van der Waals surface area contributed by atoms with Crippen molar-refractivity contribution in [3.8, 4) is 0 Å². The van der Waals surface area contributed by atoms with Gasteiger partial charge in [0.2, 0.25) is 5.91 Å². The normalized spacial score (nSPS) is 11.8. The van der Waals surface area contributed by atoms with E-state index < -0.39 is 0 Å². The van der Waals surface area contributed by atoms with Gasteiger partial charge >= 0.3 is 0 Å². The topological polar surface area (TPSA) is 32.3 Å². The Morgan fingerprint density at radius 1 is 1.45 bits per heavy atom. The molecule has 1 aromatic rings. The molecule has 20 heavy (non-hydrogen) atoms. The number of carbonyl (C=O) groups is 1. The van der Waals surface area contributed by atoms with Gasteiger partial charge in [0.05, 0.1) is 6.54 Å². The van der Waals surface area contributed by atoms with Gasteiger partial charge in [0.25, 0.3) is 0 Å². The van der Waals surface area contributed by atoms with Crippen LogP contribution in [0.2, 0.25) is 5.02 Å². The van der Waals surface area contributed by atoms with E-state index in [1.165, 1.54) is 6.07 Å². The molecule has 0 aliphatic rings. The predicted octanol–water partition coefficient (Wildman–Crippen LogP) is 3.22. The Balaban J connectivity index is 2.60. The van der Waals surface area contributed by atoms with E-state index in [-0.39, 0.29) is 23.8 Å². The van der Waals surface area contributed by atoms with Crippen LogP contribution in [0.15, 0.2) is 18.2 Å². The molecule has 0 fully saturated rings. The molecule has 0 unspecified atom stereocenters. The minimum Gasteiger partial charge on any atom is -0.350 e. The number of nitrogens with one attached hydrogen (secondary N) is 1. The highest BCUT2D eigenvalue weighted by Crippen LogP contribution is 2.20. The summed E-state index contributed by atoms with van der Waals surface area (Å²) in [6.07, 6.45) is 0.849. The SMILES string of the molecule is CCC(C)(C)NC(=O)CN(C)Cc1c(F)cccc1Cl. The van der Waals surface area contributed by atoms with Gasteiger partial charge in [0.15, 0.2) is 0 Å². The lowest BCUT2D eigenvalue weighted by molar-refractivity contribution is -0.123. The summed E-state index contributed by atoms with van der Waals surface area (Å²) in [5, 5.41) is 3.33. The number of hydrogen-bond acceptors (Lipinski definition) is 2. The van der Waals surface area contributed by atoms with Crippen molar-refractivity contribution in [1.82, 2.24) is 10.2 Å². The first kappa shape index (κ1) is 16.9. The second-order valence-electron chi connectivity index (χ2n) is 5.66. The molecular weight excluding hydrogens is 279 g/mol. The summed E-state index contributed by atoms with van der Waals surface area (Å²) in [6, 6.07) is 4.58. The maximum atomic E-state index is 13.7. The third-order valence-electron chi connectivity index (χ3n) is 3.26. The average Bonchev–Trinajstić information content (AvgIpc) is 2.33. The zero-order valence-corrected chi connectivity index (χ0v) is 13.2. The van der Waals surface area contributed by atoms with Gasteiger partial charge in [0, 0.05) is 22.7 Å². The van der Waals surface area contributed by atoms with Gasteiger partial charge in [-0.3, -0.25) is 9.69 Å². The molecule has 0 saturated carbocycles. The Bertz CT molecular complexity index is 457. The number of halogens is 2. The van der Waals surface area contributed by atoms with E-state index in [1.54, 1.807) is 24.1 Å². The molecule has 1 rings (SSSR count). The molecule has 0 aromatic heterocycles. The number of rotatable bonds is 6. The van der Waals surface area contributed by atoms with Crippen LogP contribution in [0.5, 0.6) is 0 Å². The summed E-state index contributed by atoms with van der Waals surface area (Å²) in [7, 11) is 1.77. The number of hydrogen-bond donors (Lipinski definition) is 1. The van der Waals surface area contributed by atoms with Crippen LogP contribution in [0.1, 0.15) is 32.8 Å². The van der Waals surface area contributed by atoms with Crippen molar-refractivity contribution in [2.75, 3.05) is 13.6 Å². The highest BCUT2D eigenvalue weighted by molar-refractivity contribution is 6.31. The van der Waals surface area contributed by atoms with Gasteiger partial charge in [-0.05, 0) is 39.4 Å². The average molecular weight is 301 g/mol. The van der Waals surface area contributed by atoms with Gasteiger partial charge in [-0.2, -0.15) is 0 Å². The Kier molecular flexibility index (Phi) is 5.96. The van der Waals surface area contributed by atoms with Crippen molar-refractivity contribution in [2.45, 2.75) is 39.3 Å². The van der Waals surface area contributed by atoms with E-state index in [9.17, 15) is 9.18 Å². The fraction of sp³-hybridized carbons (Fsp3) is 0.533. The third kappa shape index (κ3) is 5.10. The highest BCUT2D eigenvalue weighted by Gasteiger charge is 2.19. The number of carbonyl (C=O) groups excluding carboxylic acids is 1. The minimum absolute atomic E-state index is 0.0770. The van der Waals surface area contributed by atoms with Crippen LogP contribution in [0, 0.1) is 5.82 Å². The Morgan fingerprint density at radius 2 is 2.10 bits per heavy atom. The zero-order valence-electron chi connectivity index (χ0n) is 12.5. The molecule has 1 amide bonds. The molecule has 0 atom stereocenters. The van der Waals surface area contributed by atoms with Crippen LogP contribution >= 0.6 is 11.6 Å². The Morgan fingerprint density at radius 3 is 2.65 bits per heavy atom. The quantitative estimate of drug-likeness (QED) is 0.875. The third-order valence-corrected chi connectivity index (χ3v) is 3.62. The molecule has 0 aliphatic carbocycles. The summed E-state index contributed by atoms with van der Waals surface area (Å²) >= 11 is 5.97. The van der Waals surface area contributed by atoms with Gasteiger partial charge in [-0.25, -0.2) is 4.39 Å². The summed E-state index contributed by atoms with van der Waals surface area (Å²) in [5.41, 5.74) is 0.187. The lowest BCUT2D eigenvalue weighted by Crippen LogP contribution is -2.46. The number of amides is 1. The van der Waals surface area contributed by atoms with Crippen LogP contribution in [-0.2, 0) is 11.3 Å². The molecule has 0 spiro atoms. The number of benzene rings is 1. The smallest absolute Gasteiger partial charge is 0.234 e. The molecule has 0 saturated heterocycles. The first-order chi connectivity index (χ1) is 9.25. The number of nitrogens with zero attached hydrogens (tertiary/aromatic N) is 1. The lowest BCUT2D eigenvalue weighted by atomic mass is 10.0. The molecule has 1 N–H and O–H groups in total. The van der Waals surface area contributed by atoms with E-state index >= 15 is 0 Å². The first-order valence-corrected chi connectivity index (χ1v) is 7.05. The van der Waals surface area contributed by atoms with Crippen LogP contribution in [0.25, 0.3) is 0 Å². The van der Waals surface area contributed by atoms with Crippen LogP contribution in [0.4, 0.5) is 4.39 Å². The molecule has 0 radical (unpaired) electrons. The van der Waals surface area contributed by atoms with E-state index in [2.05, 4.69) is 5.32 Å². The van der Waals surface area contributed by atoms with Crippen molar-refractivity contribution >= 4 is 17.5 Å². The molecule has 0 aliphatic heterocycles. The highest BCUT2D eigenvalue weighted by atomic mass is 35.5. The first-order valence-electron chi connectivity index (χ1n) is 6.67. The van der Waals surface area contributed by atoms with Crippen LogP contribution < -0.4 is 5.32 Å². The van der Waals surface area contributed by atoms with Crippen molar-refractivity contribution in [3.05, 3.63) is 34.6 Å². The van der Waals surface area contributed by atoms with E-state index in [4.69, 9.17) is 11.6 Å².